The number of rotatable bonds is 9. The molecule has 2 aliphatic rings. The van der Waals surface area contributed by atoms with E-state index in [1.165, 1.54) is 36.1 Å². The van der Waals surface area contributed by atoms with Crippen LogP contribution >= 0.6 is 11.8 Å². The molecule has 0 atom stereocenters. The van der Waals surface area contributed by atoms with Gasteiger partial charge in [-0.2, -0.15) is 0 Å². The van der Waals surface area contributed by atoms with E-state index in [9.17, 15) is 9.59 Å². The summed E-state index contributed by atoms with van der Waals surface area (Å²) in [4.78, 5) is 34.1. The molecule has 6 nitrogen and oxygen atoms in total. The number of carbonyl (C=O) groups excluding carboxylic acids is 2. The van der Waals surface area contributed by atoms with Crippen molar-refractivity contribution in [2.75, 3.05) is 19.7 Å². The van der Waals surface area contributed by atoms with E-state index in [0.29, 0.717) is 25.3 Å². The molecular weight excluding hydrogens is 470 g/mol. The average molecular weight is 510 g/mol. The smallest absolute Gasteiger partial charge is 0.409 e. The van der Waals surface area contributed by atoms with E-state index in [-0.39, 0.29) is 19.5 Å². The van der Waals surface area contributed by atoms with Gasteiger partial charge < -0.3 is 15.0 Å². The van der Waals surface area contributed by atoms with Gasteiger partial charge in [-0.05, 0) is 56.9 Å². The zero-order valence-electron chi connectivity index (χ0n) is 21.4. The van der Waals surface area contributed by atoms with Crippen LogP contribution in [0.4, 0.5) is 10.5 Å². The number of hydrogen-bond acceptors (Lipinski definition) is 5. The first-order valence-electron chi connectivity index (χ1n) is 13.3. The van der Waals surface area contributed by atoms with Gasteiger partial charge in [-0.3, -0.25) is 9.79 Å². The molecule has 36 heavy (non-hydrogen) atoms. The zero-order valence-corrected chi connectivity index (χ0v) is 22.2. The molecule has 0 bridgehead atoms. The molecule has 2 aromatic carbocycles. The van der Waals surface area contributed by atoms with Crippen molar-refractivity contribution in [3.05, 3.63) is 53.6 Å². The number of nitrogens with zero attached hydrogens (tertiary/aromatic N) is 2. The second-order valence-electron chi connectivity index (χ2n) is 9.44. The van der Waals surface area contributed by atoms with E-state index in [4.69, 9.17) is 9.73 Å². The Bertz CT molecular complexity index is 1100. The van der Waals surface area contributed by atoms with E-state index in [0.717, 1.165) is 42.0 Å². The standard InChI is InChI=1S/C29H37N3O3S.H2/c1-3-5-6-7-8-12-24-23-11-9-10-13-26(23)36-27-15-14-21(20-25(27)31-24)28(33)30-22-16-18-32(19-17-22)29(34)35-4-2;/h9-11,13-15,20,22H,3-8,12,16-19H2,1-2H3,(H,30,33);1H. The minimum absolute atomic E-state index is 0. The third kappa shape index (κ3) is 6.69. The highest BCUT2D eigenvalue weighted by molar-refractivity contribution is 7.99. The van der Waals surface area contributed by atoms with Crippen molar-refractivity contribution < 1.29 is 15.8 Å². The molecule has 0 radical (unpaired) electrons. The molecule has 0 aliphatic carbocycles. The number of ether oxygens (including phenoxy) is 1. The Morgan fingerprint density at radius 3 is 2.61 bits per heavy atom. The number of piperidine rings is 1. The second kappa shape index (κ2) is 12.9. The first-order valence-corrected chi connectivity index (χ1v) is 14.1. The Labute approximate surface area is 220 Å². The molecule has 7 heteroatoms. The molecule has 2 heterocycles. The maximum absolute atomic E-state index is 13.1. The third-order valence-corrected chi connectivity index (χ3v) is 7.91. The lowest BCUT2D eigenvalue weighted by Crippen LogP contribution is -2.46. The van der Waals surface area contributed by atoms with E-state index >= 15 is 0 Å². The number of unbranched alkanes of at least 4 members (excludes halogenated alkanes) is 4. The molecule has 1 N–H and O–H groups in total. The highest BCUT2D eigenvalue weighted by atomic mass is 32.2. The van der Waals surface area contributed by atoms with E-state index < -0.39 is 0 Å². The minimum Gasteiger partial charge on any atom is -0.450 e. The summed E-state index contributed by atoms with van der Waals surface area (Å²) < 4.78 is 5.09. The van der Waals surface area contributed by atoms with Crippen LogP contribution < -0.4 is 5.32 Å². The maximum Gasteiger partial charge on any atom is 0.409 e. The number of likely N-dealkylation sites (tertiary alicyclic amines) is 1. The Morgan fingerprint density at radius 1 is 1.06 bits per heavy atom. The first-order chi connectivity index (χ1) is 17.6. The maximum atomic E-state index is 13.1. The van der Waals surface area contributed by atoms with Gasteiger partial charge in [0.25, 0.3) is 5.91 Å². The van der Waals surface area contributed by atoms with Crippen LogP contribution in [-0.2, 0) is 4.74 Å². The van der Waals surface area contributed by atoms with Gasteiger partial charge in [-0.25, -0.2) is 4.79 Å². The van der Waals surface area contributed by atoms with Gasteiger partial charge in [0.2, 0.25) is 0 Å². The van der Waals surface area contributed by atoms with Gasteiger partial charge in [0.1, 0.15) is 0 Å². The molecule has 2 aliphatic heterocycles. The van der Waals surface area contributed by atoms with Gasteiger partial charge in [-0.15, -0.1) is 0 Å². The first kappa shape index (κ1) is 26.3. The highest BCUT2D eigenvalue weighted by Gasteiger charge is 2.25. The SMILES string of the molecule is CCCCCCCC1=Nc2cc(C(=O)NC3CCN(C(=O)OCC)CC3)ccc2Sc2ccccc21.[HH]. The molecule has 4 rings (SSSR count). The minimum atomic E-state index is -0.273. The Morgan fingerprint density at radius 2 is 1.83 bits per heavy atom. The summed E-state index contributed by atoms with van der Waals surface area (Å²) in [5.74, 6) is -0.0875. The van der Waals surface area contributed by atoms with E-state index in [2.05, 4.69) is 36.5 Å². The molecule has 194 valence electrons. The summed E-state index contributed by atoms with van der Waals surface area (Å²) in [7, 11) is 0. The molecule has 0 aromatic heterocycles. The van der Waals surface area contributed by atoms with Crippen LogP contribution in [0.1, 0.15) is 82.6 Å². The van der Waals surface area contributed by atoms with E-state index in [1.54, 1.807) is 16.7 Å². The molecule has 0 unspecified atom stereocenters. The van der Waals surface area contributed by atoms with Crippen LogP contribution in [-0.4, -0.2) is 48.4 Å². The van der Waals surface area contributed by atoms with Crippen LogP contribution in [0.25, 0.3) is 0 Å². The fourth-order valence-corrected chi connectivity index (χ4v) is 5.75. The Hall–Kier alpha value is -2.80. The molecular formula is C29H39N3O3S. The fourth-order valence-electron chi connectivity index (χ4n) is 4.73. The third-order valence-electron chi connectivity index (χ3n) is 6.77. The van der Waals surface area contributed by atoms with Crippen LogP contribution in [0, 0.1) is 0 Å². The van der Waals surface area contributed by atoms with Gasteiger partial charge in [-0.1, -0.05) is 62.6 Å². The van der Waals surface area contributed by atoms with Crippen molar-refractivity contribution in [3.8, 4) is 0 Å². The summed E-state index contributed by atoms with van der Waals surface area (Å²) in [5.41, 5.74) is 3.80. The van der Waals surface area contributed by atoms with Gasteiger partial charge in [0.15, 0.2) is 0 Å². The quantitative estimate of drug-likeness (QED) is 0.362. The molecule has 1 fully saturated rings. The van der Waals surface area contributed by atoms with Crippen molar-refractivity contribution >= 4 is 35.2 Å². The number of hydrogen-bond donors (Lipinski definition) is 1. The van der Waals surface area contributed by atoms with Crippen molar-refractivity contribution in [2.24, 2.45) is 4.99 Å². The summed E-state index contributed by atoms with van der Waals surface area (Å²) >= 11 is 1.72. The lowest BCUT2D eigenvalue weighted by atomic mass is 10.0. The number of benzene rings is 2. The van der Waals surface area contributed by atoms with Crippen molar-refractivity contribution in [2.45, 2.75) is 81.0 Å². The van der Waals surface area contributed by atoms with E-state index in [1.807, 2.05) is 25.1 Å². The molecule has 2 amide bonds. The molecule has 1 saturated heterocycles. The number of fused-ring (bicyclic) bond motifs is 2. The summed E-state index contributed by atoms with van der Waals surface area (Å²) in [6.07, 6.45) is 8.23. The second-order valence-corrected chi connectivity index (χ2v) is 10.5. The van der Waals surface area contributed by atoms with Gasteiger partial charge >= 0.3 is 6.09 Å². The predicted octanol–water partition coefficient (Wildman–Crippen LogP) is 7.23. The number of amides is 2. The number of nitrogens with one attached hydrogen (secondary N) is 1. The molecule has 2 aromatic rings. The van der Waals surface area contributed by atoms with Crippen molar-refractivity contribution in [1.82, 2.24) is 10.2 Å². The Kier molecular flexibility index (Phi) is 9.45. The normalized spacial score (nSPS) is 15.4. The van der Waals surface area contributed by atoms with Crippen molar-refractivity contribution in [3.63, 3.8) is 0 Å². The zero-order chi connectivity index (χ0) is 25.3. The van der Waals surface area contributed by atoms with Crippen LogP contribution in [0.15, 0.2) is 57.2 Å². The number of aliphatic imine (C=N–C) groups is 1. The molecule has 0 saturated carbocycles. The topological polar surface area (TPSA) is 71.0 Å². The average Bonchev–Trinajstić information content (AvgIpc) is 3.05. The Balaban J connectivity index is 0.00000380. The van der Waals surface area contributed by atoms with Gasteiger partial charge in [0.05, 0.1) is 12.3 Å². The molecule has 0 spiro atoms. The summed E-state index contributed by atoms with van der Waals surface area (Å²) in [5, 5.41) is 3.16. The lowest BCUT2D eigenvalue weighted by molar-refractivity contribution is 0.0860. The monoisotopic (exact) mass is 509 g/mol. The number of carbonyl (C=O) groups is 2. The summed E-state index contributed by atoms with van der Waals surface area (Å²) in [6.45, 7) is 5.60. The van der Waals surface area contributed by atoms with Crippen LogP contribution in [0.2, 0.25) is 0 Å². The largest absolute Gasteiger partial charge is 0.450 e. The van der Waals surface area contributed by atoms with Crippen LogP contribution in [0.3, 0.4) is 0 Å². The summed E-state index contributed by atoms with van der Waals surface area (Å²) in [6, 6.07) is 14.3. The fraction of sp³-hybridized carbons (Fsp3) is 0.483. The van der Waals surface area contributed by atoms with Crippen molar-refractivity contribution in [1.29, 1.82) is 0 Å². The lowest BCUT2D eigenvalue weighted by Gasteiger charge is -2.31. The highest BCUT2D eigenvalue weighted by Crippen LogP contribution is 2.41. The predicted molar refractivity (Wildman–Crippen MR) is 148 cm³/mol. The van der Waals surface area contributed by atoms with Gasteiger partial charge in [0, 0.05) is 47.2 Å². The van der Waals surface area contributed by atoms with Crippen LogP contribution in [0.5, 0.6) is 0 Å².